The van der Waals surface area contributed by atoms with E-state index < -0.39 is 18.1 Å². The highest BCUT2D eigenvalue weighted by Gasteiger charge is 2.13. The lowest BCUT2D eigenvalue weighted by molar-refractivity contribution is 0.0698. The first-order valence-electron chi connectivity index (χ1n) is 4.54. The molecule has 0 aliphatic heterocycles. The minimum Gasteiger partial charge on any atom is -0.478 e. The minimum atomic E-state index is -1.09. The summed E-state index contributed by atoms with van der Waals surface area (Å²) in [5.74, 6) is -1.09. The van der Waals surface area contributed by atoms with Gasteiger partial charge in [0.15, 0.2) is 0 Å². The van der Waals surface area contributed by atoms with E-state index in [9.17, 15) is 9.59 Å². The van der Waals surface area contributed by atoms with Crippen LogP contribution in [-0.4, -0.2) is 34.9 Å². The number of aromatic carboxylic acids is 1. The topological polar surface area (TPSA) is 98.7 Å². The molecule has 0 bridgehead atoms. The van der Waals surface area contributed by atoms with Crippen LogP contribution in [0.2, 0.25) is 0 Å². The molecule has 4 N–H and O–H groups in total. The van der Waals surface area contributed by atoms with Gasteiger partial charge >= 0.3 is 12.0 Å². The van der Waals surface area contributed by atoms with Crippen molar-refractivity contribution in [1.29, 1.82) is 0 Å². The highest BCUT2D eigenvalue weighted by Crippen LogP contribution is 2.22. The fourth-order valence-corrected chi connectivity index (χ4v) is 1.74. The molecule has 1 heterocycles. The fraction of sp³-hybridized carbons (Fsp3) is 0.333. The van der Waals surface area contributed by atoms with Crippen LogP contribution in [0.15, 0.2) is 11.4 Å². The van der Waals surface area contributed by atoms with Gasteiger partial charge in [-0.1, -0.05) is 0 Å². The Morgan fingerprint density at radius 3 is 2.81 bits per heavy atom. The van der Waals surface area contributed by atoms with Crippen molar-refractivity contribution >= 4 is 28.3 Å². The van der Waals surface area contributed by atoms with Crippen LogP contribution < -0.4 is 10.6 Å². The Morgan fingerprint density at radius 1 is 1.56 bits per heavy atom. The van der Waals surface area contributed by atoms with Crippen molar-refractivity contribution in [1.82, 2.24) is 5.32 Å². The second-order valence-electron chi connectivity index (χ2n) is 3.15. The van der Waals surface area contributed by atoms with Crippen LogP contribution in [0.3, 0.4) is 0 Å². The number of hydrogen-bond acceptors (Lipinski definition) is 4. The third kappa shape index (κ3) is 3.52. The standard InChI is InChI=1S/C9H12N2O4S/c1-5(12)4-10-9(15)11-7-6(8(13)14)2-3-16-7/h2-3,5,12H,4H2,1H3,(H,13,14)(H2,10,11,15)/t5-/m1/s1. The first-order chi connectivity index (χ1) is 7.50. The summed E-state index contributed by atoms with van der Waals surface area (Å²) in [6.07, 6.45) is -0.645. The van der Waals surface area contributed by atoms with Crippen LogP contribution in [0.1, 0.15) is 17.3 Å². The number of anilines is 1. The van der Waals surface area contributed by atoms with Crippen molar-refractivity contribution in [2.75, 3.05) is 11.9 Å². The van der Waals surface area contributed by atoms with E-state index in [0.29, 0.717) is 0 Å². The number of aliphatic hydroxyl groups excluding tert-OH is 1. The number of rotatable bonds is 4. The van der Waals surface area contributed by atoms with E-state index >= 15 is 0 Å². The second-order valence-corrected chi connectivity index (χ2v) is 4.07. The first kappa shape index (κ1) is 12.5. The highest BCUT2D eigenvalue weighted by molar-refractivity contribution is 7.14. The Hall–Kier alpha value is -1.60. The van der Waals surface area contributed by atoms with Crippen molar-refractivity contribution in [3.8, 4) is 0 Å². The van der Waals surface area contributed by atoms with Crippen LogP contribution in [0.25, 0.3) is 0 Å². The fourth-order valence-electron chi connectivity index (χ4n) is 0.962. The van der Waals surface area contributed by atoms with Crippen LogP contribution in [0.4, 0.5) is 9.80 Å². The monoisotopic (exact) mass is 244 g/mol. The minimum absolute atomic E-state index is 0.0530. The third-order valence-electron chi connectivity index (χ3n) is 1.68. The Labute approximate surface area is 95.9 Å². The molecule has 0 saturated heterocycles. The molecule has 88 valence electrons. The van der Waals surface area contributed by atoms with Crippen molar-refractivity contribution in [2.45, 2.75) is 13.0 Å². The van der Waals surface area contributed by atoms with E-state index in [-0.39, 0.29) is 17.1 Å². The van der Waals surface area contributed by atoms with Crippen LogP contribution >= 0.6 is 11.3 Å². The molecule has 2 amide bonds. The average molecular weight is 244 g/mol. The Balaban J connectivity index is 2.56. The predicted octanol–water partition coefficient (Wildman–Crippen LogP) is 0.949. The molecule has 1 rings (SSSR count). The smallest absolute Gasteiger partial charge is 0.338 e. The lowest BCUT2D eigenvalue weighted by Crippen LogP contribution is -2.34. The lowest BCUT2D eigenvalue weighted by atomic mass is 10.3. The summed E-state index contributed by atoms with van der Waals surface area (Å²) in [6.45, 7) is 1.65. The number of carbonyl (C=O) groups excluding carboxylic acids is 1. The molecular formula is C9H12N2O4S. The van der Waals surface area contributed by atoms with E-state index in [1.165, 1.54) is 13.0 Å². The largest absolute Gasteiger partial charge is 0.478 e. The summed E-state index contributed by atoms with van der Waals surface area (Å²) in [5, 5.41) is 24.4. The molecule has 0 aromatic carbocycles. The van der Waals surface area contributed by atoms with E-state index in [1.54, 1.807) is 5.38 Å². The maximum Gasteiger partial charge on any atom is 0.338 e. The number of carboxylic acids is 1. The molecule has 0 spiro atoms. The van der Waals surface area contributed by atoms with Gasteiger partial charge in [0.1, 0.15) is 5.00 Å². The summed E-state index contributed by atoms with van der Waals surface area (Å²) in [4.78, 5) is 22.0. The summed E-state index contributed by atoms with van der Waals surface area (Å²) in [7, 11) is 0. The van der Waals surface area contributed by atoms with Gasteiger partial charge in [-0.05, 0) is 18.4 Å². The van der Waals surface area contributed by atoms with Crippen molar-refractivity contribution in [2.24, 2.45) is 0 Å². The number of aliphatic hydroxyl groups is 1. The van der Waals surface area contributed by atoms with E-state index in [0.717, 1.165) is 11.3 Å². The van der Waals surface area contributed by atoms with Gasteiger partial charge in [-0.25, -0.2) is 9.59 Å². The van der Waals surface area contributed by atoms with Gasteiger partial charge in [0, 0.05) is 6.54 Å². The molecule has 0 aliphatic rings. The molecule has 0 fully saturated rings. The number of thiophene rings is 1. The summed E-state index contributed by atoms with van der Waals surface area (Å²) in [5.41, 5.74) is 0.0530. The van der Waals surface area contributed by atoms with Gasteiger partial charge in [-0.15, -0.1) is 11.3 Å². The van der Waals surface area contributed by atoms with Gasteiger partial charge < -0.3 is 15.5 Å². The van der Waals surface area contributed by atoms with Crippen molar-refractivity contribution in [3.05, 3.63) is 17.0 Å². The zero-order valence-electron chi connectivity index (χ0n) is 8.56. The number of carboxylic acid groups (broad SMARTS) is 1. The Morgan fingerprint density at radius 2 is 2.25 bits per heavy atom. The van der Waals surface area contributed by atoms with Crippen molar-refractivity contribution in [3.63, 3.8) is 0 Å². The summed E-state index contributed by atoms with van der Waals surface area (Å²) < 4.78 is 0. The molecule has 0 radical (unpaired) electrons. The zero-order valence-corrected chi connectivity index (χ0v) is 9.37. The summed E-state index contributed by atoms with van der Waals surface area (Å²) in [6, 6.07) is 0.878. The van der Waals surface area contributed by atoms with Gasteiger partial charge in [0.25, 0.3) is 0 Å². The maximum absolute atomic E-state index is 11.3. The van der Waals surface area contributed by atoms with Gasteiger partial charge in [0.05, 0.1) is 11.7 Å². The number of amides is 2. The molecule has 1 aromatic heterocycles. The highest BCUT2D eigenvalue weighted by atomic mass is 32.1. The number of urea groups is 1. The van der Waals surface area contributed by atoms with Crippen molar-refractivity contribution < 1.29 is 19.8 Å². The second kappa shape index (κ2) is 5.47. The SMILES string of the molecule is C[C@@H](O)CNC(=O)Nc1sccc1C(=O)O. The van der Waals surface area contributed by atoms with Crippen LogP contribution in [0, 0.1) is 0 Å². The molecular weight excluding hydrogens is 232 g/mol. The van der Waals surface area contributed by atoms with Crippen LogP contribution in [-0.2, 0) is 0 Å². The van der Waals surface area contributed by atoms with Gasteiger partial charge in [0.2, 0.25) is 0 Å². The van der Waals surface area contributed by atoms with E-state index in [2.05, 4.69) is 10.6 Å². The van der Waals surface area contributed by atoms with E-state index in [4.69, 9.17) is 10.2 Å². The Kier molecular flexibility index (Phi) is 4.27. The van der Waals surface area contributed by atoms with Crippen LogP contribution in [0.5, 0.6) is 0 Å². The quantitative estimate of drug-likeness (QED) is 0.633. The molecule has 1 atom stereocenters. The predicted molar refractivity (Wildman–Crippen MR) is 60.0 cm³/mol. The van der Waals surface area contributed by atoms with Gasteiger partial charge in [-0.2, -0.15) is 0 Å². The zero-order chi connectivity index (χ0) is 12.1. The average Bonchev–Trinajstić information content (AvgIpc) is 2.62. The molecule has 16 heavy (non-hydrogen) atoms. The Bertz CT molecular complexity index is 389. The molecule has 0 saturated carbocycles. The third-order valence-corrected chi connectivity index (χ3v) is 2.51. The number of carbonyl (C=O) groups is 2. The summed E-state index contributed by atoms with van der Waals surface area (Å²) >= 11 is 1.13. The molecule has 1 aromatic rings. The molecule has 7 heteroatoms. The van der Waals surface area contributed by atoms with Gasteiger partial charge in [-0.3, -0.25) is 5.32 Å². The number of hydrogen-bond donors (Lipinski definition) is 4. The normalized spacial score (nSPS) is 11.9. The number of nitrogens with one attached hydrogen (secondary N) is 2. The molecule has 0 unspecified atom stereocenters. The lowest BCUT2D eigenvalue weighted by Gasteiger charge is -2.08. The first-order valence-corrected chi connectivity index (χ1v) is 5.42. The molecule has 0 aliphatic carbocycles. The molecule has 6 nitrogen and oxygen atoms in total. The van der Waals surface area contributed by atoms with E-state index in [1.807, 2.05) is 0 Å². The maximum atomic E-state index is 11.3.